The van der Waals surface area contributed by atoms with Crippen molar-refractivity contribution >= 4 is 0 Å². The summed E-state index contributed by atoms with van der Waals surface area (Å²) >= 11 is 0. The molecular weight excluding hydrogens is 236 g/mol. The van der Waals surface area contributed by atoms with Crippen LogP contribution in [-0.2, 0) is 65.2 Å². The maximum Gasteiger partial charge on any atom is 4.00 e. The van der Waals surface area contributed by atoms with Gasteiger partial charge in [-0.15, -0.1) is 0 Å². The topological polar surface area (TPSA) is 122 Å². The molecule has 12 radical (unpaired) electrons. The Balaban J connectivity index is 0. The van der Waals surface area contributed by atoms with E-state index < -0.39 is 0 Å². The Morgan fingerprint density at radius 2 is 0.300 bits per heavy atom. The second-order valence-corrected chi connectivity index (χ2v) is 0. The second kappa shape index (κ2) is 278. The van der Waals surface area contributed by atoms with E-state index in [1.54, 1.807) is 0 Å². The SMILES string of the molecule is [C].[C].[C].[N-3].[N-3].[N-3].[N-3].[Ti+4].[Ti+4].[Ti+4]. The predicted octanol–water partition coefficient (Wildman–Crippen LogP) is 1.39. The van der Waals surface area contributed by atoms with Crippen molar-refractivity contribution in [2.75, 3.05) is 0 Å². The minimum Gasteiger partial charge on any atom is -3.00 e. The Morgan fingerprint density at radius 3 is 0.300 bits per heavy atom. The zero-order valence-corrected chi connectivity index (χ0v) is 9.47. The Morgan fingerprint density at radius 1 is 0.300 bits per heavy atom. The van der Waals surface area contributed by atoms with Gasteiger partial charge in [-0.25, -0.2) is 0 Å². The van der Waals surface area contributed by atoms with Crippen LogP contribution in [0.25, 0.3) is 24.6 Å². The molecule has 0 fully saturated rings. The van der Waals surface area contributed by atoms with E-state index in [0.717, 1.165) is 0 Å². The molecule has 0 aliphatic heterocycles. The van der Waals surface area contributed by atoms with Crippen molar-refractivity contribution in [1.29, 1.82) is 0 Å². The summed E-state index contributed by atoms with van der Waals surface area (Å²) in [6.07, 6.45) is 0. The molecule has 0 aromatic rings. The van der Waals surface area contributed by atoms with Crippen LogP contribution in [0.2, 0.25) is 0 Å². The summed E-state index contributed by atoms with van der Waals surface area (Å²) in [6.45, 7) is 0. The van der Waals surface area contributed by atoms with Gasteiger partial charge in [0.2, 0.25) is 0 Å². The van der Waals surface area contributed by atoms with Crippen LogP contribution in [-0.4, -0.2) is 0 Å². The van der Waals surface area contributed by atoms with Gasteiger partial charge < -0.3 is 24.6 Å². The summed E-state index contributed by atoms with van der Waals surface area (Å²) < 4.78 is 0. The van der Waals surface area contributed by atoms with Crippen molar-refractivity contribution in [3.05, 3.63) is 46.9 Å². The standard InChI is InChI=1S/3C.4N.3Ti/q;;;4*-3;3*+4. The van der Waals surface area contributed by atoms with Crippen molar-refractivity contribution in [1.82, 2.24) is 0 Å². The van der Waals surface area contributed by atoms with E-state index in [4.69, 9.17) is 0 Å². The first-order chi connectivity index (χ1) is 0. The number of rotatable bonds is 0. The first-order valence-electron chi connectivity index (χ1n) is 0. The van der Waals surface area contributed by atoms with Crippen LogP contribution in [0.15, 0.2) is 0 Å². The quantitative estimate of drug-likeness (QED) is 0.563. The van der Waals surface area contributed by atoms with Gasteiger partial charge in [0.1, 0.15) is 0 Å². The molecule has 0 heterocycles. The summed E-state index contributed by atoms with van der Waals surface area (Å²) in [7, 11) is 0. The van der Waals surface area contributed by atoms with Crippen molar-refractivity contribution in [3.63, 3.8) is 0 Å². The molecule has 10 heavy (non-hydrogen) atoms. The summed E-state index contributed by atoms with van der Waals surface area (Å²) in [5.41, 5.74) is 0. The van der Waals surface area contributed by atoms with Gasteiger partial charge in [-0.2, -0.15) is 0 Å². The third kappa shape index (κ3) is 205. The number of hydrogen-bond acceptors (Lipinski definition) is 0. The molecule has 7 heteroatoms. The van der Waals surface area contributed by atoms with Crippen LogP contribution < -0.4 is 0 Å². The van der Waals surface area contributed by atoms with E-state index in [9.17, 15) is 0 Å². The van der Waals surface area contributed by atoms with E-state index in [1.165, 1.54) is 0 Å². The molecule has 0 aliphatic rings. The van der Waals surface area contributed by atoms with Crippen LogP contribution in [0.4, 0.5) is 0 Å². The normalized spacial score (nSPS) is 0. The van der Waals surface area contributed by atoms with E-state index in [2.05, 4.69) is 0 Å². The molecule has 0 aliphatic carbocycles. The van der Waals surface area contributed by atoms with Gasteiger partial charge in [-0.3, -0.25) is 0 Å². The molecule has 0 saturated carbocycles. The largest absolute Gasteiger partial charge is 4.00 e. The van der Waals surface area contributed by atoms with Crippen LogP contribution in [0.1, 0.15) is 0 Å². The van der Waals surface area contributed by atoms with Gasteiger partial charge in [0.25, 0.3) is 0 Å². The van der Waals surface area contributed by atoms with Crippen molar-refractivity contribution < 1.29 is 65.2 Å². The van der Waals surface area contributed by atoms with E-state index >= 15 is 0 Å². The molecule has 0 rings (SSSR count). The van der Waals surface area contributed by atoms with Crippen molar-refractivity contribution in [2.24, 2.45) is 0 Å². The predicted molar refractivity (Wildman–Crippen MR) is 23.2 cm³/mol. The molecule has 0 N–H and O–H groups in total. The monoisotopic (exact) mass is 236 g/mol. The Labute approximate surface area is 111 Å². The summed E-state index contributed by atoms with van der Waals surface area (Å²) in [5.74, 6) is 0. The molecule has 0 saturated heterocycles. The molecule has 0 aromatic carbocycles. The van der Waals surface area contributed by atoms with Crippen LogP contribution in [0.5, 0.6) is 0 Å². The fourth-order valence-electron chi connectivity index (χ4n) is 0. The molecule has 44 valence electrons. The maximum atomic E-state index is 0. The van der Waals surface area contributed by atoms with Gasteiger partial charge in [0, 0.05) is 22.3 Å². The molecule has 4 nitrogen and oxygen atoms in total. The van der Waals surface area contributed by atoms with E-state index in [0.29, 0.717) is 0 Å². The Hall–Kier alpha value is 1.98. The van der Waals surface area contributed by atoms with Gasteiger partial charge in [0.05, 0.1) is 0 Å². The first kappa shape index (κ1) is 368. The zero-order valence-electron chi connectivity index (χ0n) is 4.79. The van der Waals surface area contributed by atoms with Crippen molar-refractivity contribution in [2.45, 2.75) is 0 Å². The summed E-state index contributed by atoms with van der Waals surface area (Å²) in [4.78, 5) is 0. The number of nitrogens with zero attached hydrogens (tertiary/aromatic N) is 4. The molecule has 0 atom stereocenters. The average molecular weight is 236 g/mol. The molecule has 0 bridgehead atoms. The van der Waals surface area contributed by atoms with Crippen LogP contribution >= 0.6 is 0 Å². The molecule has 0 amide bonds. The summed E-state index contributed by atoms with van der Waals surface area (Å²) in [5, 5.41) is 0. The van der Waals surface area contributed by atoms with Crippen LogP contribution in [0.3, 0.4) is 0 Å². The molecular formula is C3N4Ti3. The molecule has 0 aromatic heterocycles. The first-order valence-corrected chi connectivity index (χ1v) is 0. The second-order valence-electron chi connectivity index (χ2n) is 0. The van der Waals surface area contributed by atoms with Crippen molar-refractivity contribution in [3.8, 4) is 0 Å². The molecule has 0 unspecified atom stereocenters. The zero-order chi connectivity index (χ0) is 0. The van der Waals surface area contributed by atoms with Gasteiger partial charge >= 0.3 is 65.2 Å². The summed E-state index contributed by atoms with van der Waals surface area (Å²) in [6, 6.07) is 0. The van der Waals surface area contributed by atoms with E-state index in [1.807, 2.05) is 0 Å². The van der Waals surface area contributed by atoms with Gasteiger partial charge in [-0.05, 0) is 0 Å². The fourth-order valence-corrected chi connectivity index (χ4v) is 0. The van der Waals surface area contributed by atoms with E-state index in [-0.39, 0.29) is 112 Å². The van der Waals surface area contributed by atoms with Crippen LogP contribution in [0, 0.1) is 22.3 Å². The minimum absolute atomic E-state index is 0. The average Bonchev–Trinajstić information content (AvgIpc) is 0. The number of hydrogen-bond donors (Lipinski definition) is 0. The Bertz CT molecular complexity index is 15.7. The smallest absolute Gasteiger partial charge is 3.00 e. The minimum atomic E-state index is 0. The Kier molecular flexibility index (Phi) is 10200. The molecule has 0 spiro atoms. The third-order valence-corrected chi connectivity index (χ3v) is 0. The van der Waals surface area contributed by atoms with Gasteiger partial charge in [-0.1, -0.05) is 0 Å². The third-order valence-electron chi connectivity index (χ3n) is 0. The fraction of sp³-hybridized carbons (Fsp3) is 0. The maximum absolute atomic E-state index is 0. The van der Waals surface area contributed by atoms with Gasteiger partial charge in [0.15, 0.2) is 0 Å².